The van der Waals surface area contributed by atoms with Crippen LogP contribution < -0.4 is 5.73 Å². The summed E-state index contributed by atoms with van der Waals surface area (Å²) < 4.78 is 13.8. The first-order valence-corrected chi connectivity index (χ1v) is 5.49. The smallest absolute Gasteiger partial charge is 0.132 e. The number of nitrogen functional groups attached to an aromatic ring is 1. The topological polar surface area (TPSA) is 51.8 Å². The van der Waals surface area contributed by atoms with E-state index in [-0.39, 0.29) is 5.82 Å². The molecule has 2 N–H and O–H groups in total. The highest BCUT2D eigenvalue weighted by atomic mass is 19.1. The Morgan fingerprint density at radius 2 is 2.06 bits per heavy atom. The van der Waals surface area contributed by atoms with Crippen LogP contribution in [0.15, 0.2) is 24.5 Å². The van der Waals surface area contributed by atoms with Gasteiger partial charge >= 0.3 is 0 Å². The average Bonchev–Trinajstić information content (AvgIpc) is 2.32. The Hall–Kier alpha value is -1.97. The molecule has 3 nitrogen and oxygen atoms in total. The van der Waals surface area contributed by atoms with E-state index in [0.29, 0.717) is 23.5 Å². The minimum Gasteiger partial charge on any atom is -0.383 e. The lowest BCUT2D eigenvalue weighted by molar-refractivity contribution is 0.630. The van der Waals surface area contributed by atoms with Crippen molar-refractivity contribution in [2.75, 3.05) is 5.73 Å². The molecule has 0 bridgehead atoms. The van der Waals surface area contributed by atoms with Crippen LogP contribution in [-0.4, -0.2) is 9.97 Å². The van der Waals surface area contributed by atoms with Crippen molar-refractivity contribution in [3.63, 3.8) is 0 Å². The van der Waals surface area contributed by atoms with E-state index in [0.717, 1.165) is 11.1 Å². The Labute approximate surface area is 99.5 Å². The Morgan fingerprint density at radius 1 is 1.29 bits per heavy atom. The van der Waals surface area contributed by atoms with E-state index < -0.39 is 0 Å². The molecule has 1 aromatic carbocycles. The van der Waals surface area contributed by atoms with Crippen LogP contribution in [0.25, 0.3) is 11.3 Å². The van der Waals surface area contributed by atoms with Crippen molar-refractivity contribution in [1.29, 1.82) is 0 Å². The average molecular weight is 231 g/mol. The van der Waals surface area contributed by atoms with Gasteiger partial charge in [0.15, 0.2) is 0 Å². The molecule has 0 unspecified atom stereocenters. The lowest BCUT2D eigenvalue weighted by Crippen LogP contribution is -2.02. The molecule has 2 rings (SSSR count). The number of aromatic nitrogens is 2. The molecule has 0 amide bonds. The third kappa shape index (κ3) is 2.11. The van der Waals surface area contributed by atoms with Gasteiger partial charge < -0.3 is 5.73 Å². The molecule has 17 heavy (non-hydrogen) atoms. The summed E-state index contributed by atoms with van der Waals surface area (Å²) in [5.74, 6) is 0.127. The molecule has 0 spiro atoms. The second-order valence-electron chi connectivity index (χ2n) is 3.92. The molecule has 4 heteroatoms. The van der Waals surface area contributed by atoms with Crippen molar-refractivity contribution in [2.24, 2.45) is 0 Å². The number of hydrogen-bond donors (Lipinski definition) is 1. The molecular formula is C13H14FN3. The number of benzene rings is 1. The minimum absolute atomic E-state index is 0.289. The zero-order valence-electron chi connectivity index (χ0n) is 9.87. The van der Waals surface area contributed by atoms with E-state index in [1.807, 2.05) is 13.8 Å². The molecular weight excluding hydrogens is 217 g/mol. The predicted octanol–water partition coefficient (Wildman–Crippen LogP) is 2.74. The summed E-state index contributed by atoms with van der Waals surface area (Å²) in [6.07, 6.45) is 2.04. The molecule has 0 saturated carbocycles. The molecule has 0 atom stereocenters. The number of aryl methyl sites for hydroxylation is 1. The Morgan fingerprint density at radius 3 is 2.76 bits per heavy atom. The number of rotatable bonds is 2. The molecule has 88 valence electrons. The third-order valence-electron chi connectivity index (χ3n) is 2.71. The standard InChI is InChI=1S/C13H14FN3/c1-3-9-12(16-7-17-13(9)15)10-6-8(2)4-5-11(10)14/h4-7H,3H2,1-2H3,(H2,15,16,17). The quantitative estimate of drug-likeness (QED) is 0.864. The van der Waals surface area contributed by atoms with E-state index in [1.54, 1.807) is 12.1 Å². The lowest BCUT2D eigenvalue weighted by Gasteiger charge is -2.10. The summed E-state index contributed by atoms with van der Waals surface area (Å²) in [4.78, 5) is 8.08. The van der Waals surface area contributed by atoms with Gasteiger partial charge in [0.05, 0.1) is 5.69 Å². The molecule has 0 aliphatic heterocycles. The number of nitrogens with zero attached hydrogens (tertiary/aromatic N) is 2. The second-order valence-corrected chi connectivity index (χ2v) is 3.92. The fourth-order valence-electron chi connectivity index (χ4n) is 1.83. The largest absolute Gasteiger partial charge is 0.383 e. The van der Waals surface area contributed by atoms with E-state index in [1.165, 1.54) is 12.4 Å². The number of anilines is 1. The lowest BCUT2D eigenvalue weighted by atomic mass is 10.0. The van der Waals surface area contributed by atoms with Crippen LogP contribution in [-0.2, 0) is 6.42 Å². The van der Waals surface area contributed by atoms with Crippen LogP contribution in [0.4, 0.5) is 10.2 Å². The Bertz CT molecular complexity index is 552. The van der Waals surface area contributed by atoms with Crippen LogP contribution in [0, 0.1) is 12.7 Å². The van der Waals surface area contributed by atoms with Crippen LogP contribution in [0.5, 0.6) is 0 Å². The highest BCUT2D eigenvalue weighted by Gasteiger charge is 2.13. The fourth-order valence-corrected chi connectivity index (χ4v) is 1.83. The highest BCUT2D eigenvalue weighted by molar-refractivity contribution is 5.68. The van der Waals surface area contributed by atoms with Crippen LogP contribution >= 0.6 is 0 Å². The van der Waals surface area contributed by atoms with Gasteiger partial charge in [-0.15, -0.1) is 0 Å². The molecule has 2 aromatic rings. The van der Waals surface area contributed by atoms with Crippen LogP contribution in [0.2, 0.25) is 0 Å². The minimum atomic E-state index is -0.289. The van der Waals surface area contributed by atoms with Gasteiger partial charge in [-0.2, -0.15) is 0 Å². The number of nitrogens with two attached hydrogens (primary N) is 1. The summed E-state index contributed by atoms with van der Waals surface area (Å²) in [5, 5.41) is 0. The van der Waals surface area contributed by atoms with E-state index in [4.69, 9.17) is 5.73 Å². The third-order valence-corrected chi connectivity index (χ3v) is 2.71. The maximum atomic E-state index is 13.8. The summed E-state index contributed by atoms with van der Waals surface area (Å²) in [6, 6.07) is 4.95. The summed E-state index contributed by atoms with van der Waals surface area (Å²) in [5.41, 5.74) is 8.63. The van der Waals surface area contributed by atoms with Crippen molar-refractivity contribution in [1.82, 2.24) is 9.97 Å². The van der Waals surface area contributed by atoms with Crippen molar-refractivity contribution >= 4 is 5.82 Å². The molecule has 0 aliphatic carbocycles. The van der Waals surface area contributed by atoms with Gasteiger partial charge in [-0.05, 0) is 25.5 Å². The van der Waals surface area contributed by atoms with Gasteiger partial charge in [0, 0.05) is 11.1 Å². The predicted molar refractivity (Wildman–Crippen MR) is 66.0 cm³/mol. The van der Waals surface area contributed by atoms with Crippen molar-refractivity contribution in [3.05, 3.63) is 41.5 Å². The van der Waals surface area contributed by atoms with E-state index >= 15 is 0 Å². The fraction of sp³-hybridized carbons (Fsp3) is 0.231. The Kier molecular flexibility index (Phi) is 3.04. The van der Waals surface area contributed by atoms with E-state index in [9.17, 15) is 4.39 Å². The molecule has 0 aliphatic rings. The maximum Gasteiger partial charge on any atom is 0.132 e. The number of hydrogen-bond acceptors (Lipinski definition) is 3. The zero-order chi connectivity index (χ0) is 12.4. The van der Waals surface area contributed by atoms with Gasteiger partial charge in [-0.1, -0.05) is 18.6 Å². The highest BCUT2D eigenvalue weighted by Crippen LogP contribution is 2.27. The summed E-state index contributed by atoms with van der Waals surface area (Å²) in [6.45, 7) is 3.87. The first-order valence-electron chi connectivity index (χ1n) is 5.49. The van der Waals surface area contributed by atoms with Gasteiger partial charge in [0.25, 0.3) is 0 Å². The summed E-state index contributed by atoms with van der Waals surface area (Å²) in [7, 11) is 0. The normalized spacial score (nSPS) is 10.5. The van der Waals surface area contributed by atoms with Gasteiger partial charge in [-0.3, -0.25) is 0 Å². The van der Waals surface area contributed by atoms with Gasteiger partial charge in [-0.25, -0.2) is 14.4 Å². The SMILES string of the molecule is CCc1c(N)ncnc1-c1cc(C)ccc1F. The molecule has 0 saturated heterocycles. The molecule has 0 fully saturated rings. The molecule has 1 heterocycles. The monoisotopic (exact) mass is 231 g/mol. The van der Waals surface area contributed by atoms with Crippen molar-refractivity contribution < 1.29 is 4.39 Å². The molecule has 1 aromatic heterocycles. The molecule has 0 radical (unpaired) electrons. The van der Waals surface area contributed by atoms with Crippen molar-refractivity contribution in [2.45, 2.75) is 20.3 Å². The van der Waals surface area contributed by atoms with Crippen LogP contribution in [0.3, 0.4) is 0 Å². The van der Waals surface area contributed by atoms with Gasteiger partial charge in [0.1, 0.15) is 18.0 Å². The maximum absolute atomic E-state index is 13.8. The number of halogens is 1. The van der Waals surface area contributed by atoms with Crippen molar-refractivity contribution in [3.8, 4) is 11.3 Å². The Balaban J connectivity index is 2.68. The van der Waals surface area contributed by atoms with Crippen LogP contribution in [0.1, 0.15) is 18.1 Å². The summed E-state index contributed by atoms with van der Waals surface area (Å²) >= 11 is 0. The first-order chi connectivity index (χ1) is 8.13. The zero-order valence-corrected chi connectivity index (χ0v) is 9.87. The first kappa shape index (κ1) is 11.5. The second kappa shape index (κ2) is 4.49. The van der Waals surface area contributed by atoms with Gasteiger partial charge in [0.2, 0.25) is 0 Å². The van der Waals surface area contributed by atoms with E-state index in [2.05, 4.69) is 9.97 Å².